The summed E-state index contributed by atoms with van der Waals surface area (Å²) in [5.74, 6) is -6.41. The van der Waals surface area contributed by atoms with Crippen molar-refractivity contribution < 1.29 is 40.7 Å². The quantitative estimate of drug-likeness (QED) is 0.608. The van der Waals surface area contributed by atoms with Crippen LogP contribution in [0.3, 0.4) is 0 Å². The molecule has 3 unspecified atom stereocenters. The van der Waals surface area contributed by atoms with Crippen LogP contribution >= 0.6 is 0 Å². The predicted octanol–water partition coefficient (Wildman–Crippen LogP) is 3.32. The van der Waals surface area contributed by atoms with Gasteiger partial charge in [-0.25, -0.2) is 18.1 Å². The van der Waals surface area contributed by atoms with E-state index in [4.69, 9.17) is 4.74 Å². The van der Waals surface area contributed by atoms with Crippen LogP contribution in [-0.4, -0.2) is 47.3 Å². The van der Waals surface area contributed by atoms with Crippen molar-refractivity contribution in [2.45, 2.75) is 43.4 Å². The molecular weight excluding hydrogens is 356 g/mol. The lowest BCUT2D eigenvalue weighted by Gasteiger charge is -2.29. The molecule has 25 heavy (non-hydrogen) atoms. The number of fused-ring (bicyclic) bond motifs is 1. The number of hydrogen-bond acceptors (Lipinski definition) is 3. The van der Waals surface area contributed by atoms with Gasteiger partial charge >= 0.3 is 12.1 Å². The number of alkyl halides is 6. The second-order valence-electron chi connectivity index (χ2n) is 5.76. The zero-order chi connectivity index (χ0) is 18.6. The third-order valence-corrected chi connectivity index (χ3v) is 4.17. The van der Waals surface area contributed by atoms with Crippen molar-refractivity contribution in [2.24, 2.45) is 0 Å². The normalized spacial score (nSPS) is 25.4. The average molecular weight is 367 g/mol. The van der Waals surface area contributed by atoms with Crippen LogP contribution in [0.5, 0.6) is 0 Å². The SMILES string of the molecule is O=C1c2ccccc2C(=O)N1C1CCC(C(F)(F)C(F)C(F)(F)F)O1. The molecule has 0 N–H and O–H groups in total. The molecule has 4 nitrogen and oxygen atoms in total. The van der Waals surface area contributed by atoms with Gasteiger partial charge in [-0.1, -0.05) is 12.1 Å². The molecular formula is C15H11F6NO3. The van der Waals surface area contributed by atoms with Crippen LogP contribution in [0.4, 0.5) is 26.3 Å². The molecule has 2 aliphatic rings. The summed E-state index contributed by atoms with van der Waals surface area (Å²) in [6, 6.07) is 5.71. The first-order valence-electron chi connectivity index (χ1n) is 7.26. The first kappa shape index (κ1) is 17.7. The number of benzene rings is 1. The zero-order valence-corrected chi connectivity index (χ0v) is 12.4. The lowest BCUT2D eigenvalue weighted by molar-refractivity contribution is -0.272. The molecule has 2 heterocycles. The number of ether oxygens (including phenoxy) is 1. The highest BCUT2D eigenvalue weighted by Gasteiger charge is 2.63. The Morgan fingerprint density at radius 1 is 1.00 bits per heavy atom. The molecule has 0 aliphatic carbocycles. The summed E-state index contributed by atoms with van der Waals surface area (Å²) in [5.41, 5.74) is 0.0925. The minimum Gasteiger partial charge on any atom is -0.348 e. The smallest absolute Gasteiger partial charge is 0.348 e. The lowest BCUT2D eigenvalue weighted by Crippen LogP contribution is -2.50. The van der Waals surface area contributed by atoms with Gasteiger partial charge in [-0.05, 0) is 25.0 Å². The maximum Gasteiger partial charge on any atom is 0.425 e. The summed E-state index contributed by atoms with van der Waals surface area (Å²) in [4.78, 5) is 25.0. The van der Waals surface area contributed by atoms with E-state index in [0.29, 0.717) is 4.90 Å². The molecule has 0 spiro atoms. The van der Waals surface area contributed by atoms with Gasteiger partial charge in [-0.3, -0.25) is 9.59 Å². The van der Waals surface area contributed by atoms with Gasteiger partial charge in [0.15, 0.2) is 0 Å². The molecule has 0 bridgehead atoms. The number of hydrogen-bond donors (Lipinski definition) is 0. The summed E-state index contributed by atoms with van der Waals surface area (Å²) in [5, 5.41) is 0. The topological polar surface area (TPSA) is 46.6 Å². The molecule has 10 heteroatoms. The van der Waals surface area contributed by atoms with Gasteiger partial charge in [0.25, 0.3) is 18.0 Å². The number of nitrogens with zero attached hydrogens (tertiary/aromatic N) is 1. The molecule has 136 valence electrons. The molecule has 0 saturated carbocycles. The molecule has 0 aromatic heterocycles. The highest BCUT2D eigenvalue weighted by Crippen LogP contribution is 2.43. The maximum absolute atomic E-state index is 13.7. The van der Waals surface area contributed by atoms with Crippen LogP contribution in [0.25, 0.3) is 0 Å². The molecule has 1 aromatic rings. The molecule has 1 aromatic carbocycles. The molecule has 3 atom stereocenters. The van der Waals surface area contributed by atoms with E-state index in [1.54, 1.807) is 0 Å². The molecule has 2 aliphatic heterocycles. The van der Waals surface area contributed by atoms with Crippen LogP contribution < -0.4 is 0 Å². The fraction of sp³-hybridized carbons (Fsp3) is 0.467. The van der Waals surface area contributed by atoms with Crippen molar-refractivity contribution in [1.82, 2.24) is 4.90 Å². The summed E-state index contributed by atoms with van der Waals surface area (Å²) in [6.45, 7) is 0. The van der Waals surface area contributed by atoms with Crippen LogP contribution in [0, 0.1) is 0 Å². The first-order chi connectivity index (χ1) is 11.5. The Labute approximate surface area is 137 Å². The van der Waals surface area contributed by atoms with Crippen molar-refractivity contribution in [3.05, 3.63) is 35.4 Å². The Morgan fingerprint density at radius 3 is 2.00 bits per heavy atom. The van der Waals surface area contributed by atoms with Gasteiger partial charge in [0, 0.05) is 0 Å². The number of amides is 2. The van der Waals surface area contributed by atoms with Gasteiger partial charge < -0.3 is 4.74 Å². The summed E-state index contributed by atoms with van der Waals surface area (Å²) in [6.07, 6.45) is -14.9. The van der Waals surface area contributed by atoms with E-state index >= 15 is 0 Å². The standard InChI is InChI=1S/C15H11F6NO3/c16-13(15(19,20)21)14(17,18)9-5-6-10(25-9)22-11(23)7-3-1-2-4-8(7)12(22)24/h1-4,9-10,13H,5-6H2. The second kappa shape index (κ2) is 5.72. The molecule has 1 saturated heterocycles. The first-order valence-corrected chi connectivity index (χ1v) is 7.26. The molecule has 0 radical (unpaired) electrons. The van der Waals surface area contributed by atoms with Crippen molar-refractivity contribution in [3.63, 3.8) is 0 Å². The van der Waals surface area contributed by atoms with Crippen LogP contribution in [0.1, 0.15) is 33.6 Å². The van der Waals surface area contributed by atoms with E-state index in [0.717, 1.165) is 0 Å². The Balaban J connectivity index is 1.78. The Bertz CT molecular complexity index is 684. The molecule has 1 fully saturated rings. The predicted molar refractivity (Wildman–Crippen MR) is 70.7 cm³/mol. The van der Waals surface area contributed by atoms with Gasteiger partial charge in [0.05, 0.1) is 11.1 Å². The van der Waals surface area contributed by atoms with Crippen molar-refractivity contribution >= 4 is 11.8 Å². The number of rotatable bonds is 3. The number of imide groups is 1. The second-order valence-corrected chi connectivity index (χ2v) is 5.76. The Kier molecular flexibility index (Phi) is 4.05. The maximum atomic E-state index is 13.7. The molecule has 3 rings (SSSR count). The Hall–Kier alpha value is -2.10. The highest BCUT2D eigenvalue weighted by molar-refractivity contribution is 6.21. The largest absolute Gasteiger partial charge is 0.425 e. The average Bonchev–Trinajstić information content (AvgIpc) is 3.11. The summed E-state index contributed by atoms with van der Waals surface area (Å²) in [7, 11) is 0. The minimum absolute atomic E-state index is 0.0463. The fourth-order valence-corrected chi connectivity index (χ4v) is 2.94. The van der Waals surface area contributed by atoms with E-state index in [1.165, 1.54) is 24.3 Å². The minimum atomic E-state index is -5.75. The number of carbonyl (C=O) groups is 2. The van der Waals surface area contributed by atoms with Gasteiger partial charge in [0.1, 0.15) is 12.3 Å². The van der Waals surface area contributed by atoms with Crippen molar-refractivity contribution in [3.8, 4) is 0 Å². The number of carbonyl (C=O) groups excluding carboxylic acids is 2. The van der Waals surface area contributed by atoms with Gasteiger partial charge in [-0.2, -0.15) is 13.2 Å². The van der Waals surface area contributed by atoms with Crippen LogP contribution in [0.2, 0.25) is 0 Å². The van der Waals surface area contributed by atoms with Crippen molar-refractivity contribution in [2.75, 3.05) is 0 Å². The zero-order valence-electron chi connectivity index (χ0n) is 12.4. The van der Waals surface area contributed by atoms with Crippen molar-refractivity contribution in [1.29, 1.82) is 0 Å². The molecule has 2 amide bonds. The monoisotopic (exact) mass is 367 g/mol. The van der Waals surface area contributed by atoms with E-state index < -0.39 is 48.8 Å². The summed E-state index contributed by atoms with van der Waals surface area (Å²) < 4.78 is 82.2. The third-order valence-electron chi connectivity index (χ3n) is 4.17. The van der Waals surface area contributed by atoms with Gasteiger partial charge in [-0.15, -0.1) is 0 Å². The third kappa shape index (κ3) is 2.78. The summed E-state index contributed by atoms with van der Waals surface area (Å²) >= 11 is 0. The lowest BCUT2D eigenvalue weighted by atomic mass is 10.0. The van der Waals surface area contributed by atoms with E-state index in [-0.39, 0.29) is 17.5 Å². The van der Waals surface area contributed by atoms with E-state index in [1.807, 2.05) is 0 Å². The van der Waals surface area contributed by atoms with Crippen LogP contribution in [-0.2, 0) is 4.74 Å². The van der Waals surface area contributed by atoms with Crippen LogP contribution in [0.15, 0.2) is 24.3 Å². The van der Waals surface area contributed by atoms with E-state index in [2.05, 4.69) is 0 Å². The highest BCUT2D eigenvalue weighted by atomic mass is 19.4. The number of halogens is 6. The Morgan fingerprint density at radius 2 is 1.52 bits per heavy atom. The van der Waals surface area contributed by atoms with E-state index in [9.17, 15) is 35.9 Å². The van der Waals surface area contributed by atoms with Gasteiger partial charge in [0.2, 0.25) is 0 Å². The fourth-order valence-electron chi connectivity index (χ4n) is 2.94.